The Kier molecular flexibility index (Phi) is 7.55. The minimum atomic E-state index is 0.0267. The molecule has 6 rings (SSSR count). The Hall–Kier alpha value is -4.49. The van der Waals surface area contributed by atoms with Gasteiger partial charge >= 0.3 is 0 Å². The zero-order chi connectivity index (χ0) is 27.3. The third kappa shape index (κ3) is 5.75. The Morgan fingerprint density at radius 2 is 1.55 bits per heavy atom. The number of benzene rings is 4. The number of hydrogen-bond acceptors (Lipinski definition) is 6. The Balaban J connectivity index is 1.06. The van der Waals surface area contributed by atoms with E-state index in [2.05, 4.69) is 23.1 Å². The minimum absolute atomic E-state index is 0.0267. The molecular weight excluding hydrogens is 504 g/mol. The molecule has 1 fully saturated rings. The Morgan fingerprint density at radius 1 is 0.800 bits per heavy atom. The molecule has 0 bridgehead atoms. The van der Waals surface area contributed by atoms with Gasteiger partial charge < -0.3 is 23.8 Å². The number of carbonyl (C=O) groups excluding carboxylic acids is 1. The zero-order valence-corrected chi connectivity index (χ0v) is 22.5. The van der Waals surface area contributed by atoms with Crippen LogP contribution in [-0.2, 0) is 13.2 Å². The van der Waals surface area contributed by atoms with E-state index in [1.165, 1.54) is 5.56 Å². The van der Waals surface area contributed by atoms with Crippen molar-refractivity contribution in [1.82, 2.24) is 9.80 Å². The van der Waals surface area contributed by atoms with Crippen molar-refractivity contribution in [3.63, 3.8) is 0 Å². The molecule has 0 atom stereocenters. The number of fused-ring (bicyclic) bond motifs is 1. The van der Waals surface area contributed by atoms with Gasteiger partial charge in [-0.25, -0.2) is 0 Å². The second kappa shape index (κ2) is 11.7. The van der Waals surface area contributed by atoms with Crippen LogP contribution in [0.1, 0.15) is 21.5 Å². The van der Waals surface area contributed by atoms with Crippen molar-refractivity contribution >= 4 is 5.91 Å². The van der Waals surface area contributed by atoms with Crippen LogP contribution in [-0.4, -0.2) is 55.8 Å². The van der Waals surface area contributed by atoms with E-state index in [4.69, 9.17) is 18.9 Å². The SMILES string of the molecule is COc1ccc(C(=O)N2CCN(Cc3ccc4c(c3)OCO4)CC2)cc1COc1ccc(-c2ccccc2)cc1. The lowest BCUT2D eigenvalue weighted by atomic mass is 10.1. The largest absolute Gasteiger partial charge is 0.496 e. The monoisotopic (exact) mass is 536 g/mol. The number of piperazine rings is 1. The van der Waals surface area contributed by atoms with Crippen LogP contribution in [0.3, 0.4) is 0 Å². The zero-order valence-electron chi connectivity index (χ0n) is 22.5. The summed E-state index contributed by atoms with van der Waals surface area (Å²) < 4.78 is 22.6. The number of hydrogen-bond donors (Lipinski definition) is 0. The van der Waals surface area contributed by atoms with E-state index in [0.29, 0.717) is 31.0 Å². The molecule has 2 heterocycles. The molecule has 0 radical (unpaired) electrons. The van der Waals surface area contributed by atoms with E-state index < -0.39 is 0 Å². The molecule has 4 aromatic rings. The van der Waals surface area contributed by atoms with Crippen LogP contribution in [0.15, 0.2) is 91.0 Å². The lowest BCUT2D eigenvalue weighted by molar-refractivity contribution is 0.0628. The van der Waals surface area contributed by atoms with Crippen molar-refractivity contribution in [2.45, 2.75) is 13.2 Å². The molecule has 1 saturated heterocycles. The highest BCUT2D eigenvalue weighted by Crippen LogP contribution is 2.33. The Bertz CT molecular complexity index is 1460. The highest BCUT2D eigenvalue weighted by molar-refractivity contribution is 5.94. The van der Waals surface area contributed by atoms with Gasteiger partial charge in [0, 0.05) is 43.9 Å². The quantitative estimate of drug-likeness (QED) is 0.291. The molecule has 2 aliphatic rings. The van der Waals surface area contributed by atoms with Crippen molar-refractivity contribution in [2.75, 3.05) is 40.1 Å². The van der Waals surface area contributed by atoms with Crippen molar-refractivity contribution in [2.24, 2.45) is 0 Å². The highest BCUT2D eigenvalue weighted by Gasteiger charge is 2.24. The topological polar surface area (TPSA) is 60.5 Å². The summed E-state index contributed by atoms with van der Waals surface area (Å²) in [6, 6.07) is 29.9. The van der Waals surface area contributed by atoms with Crippen LogP contribution in [0.25, 0.3) is 11.1 Å². The van der Waals surface area contributed by atoms with Crippen LogP contribution in [0, 0.1) is 0 Å². The average molecular weight is 537 g/mol. The molecule has 7 heteroatoms. The Labute approximate surface area is 234 Å². The third-order valence-corrected chi connectivity index (χ3v) is 7.39. The fraction of sp³-hybridized carbons (Fsp3) is 0.242. The second-order valence-corrected chi connectivity index (χ2v) is 9.96. The molecule has 40 heavy (non-hydrogen) atoms. The molecule has 0 saturated carbocycles. The summed E-state index contributed by atoms with van der Waals surface area (Å²) >= 11 is 0. The summed E-state index contributed by atoms with van der Waals surface area (Å²) in [5, 5.41) is 0. The second-order valence-electron chi connectivity index (χ2n) is 9.96. The van der Waals surface area contributed by atoms with E-state index in [9.17, 15) is 4.79 Å². The van der Waals surface area contributed by atoms with Crippen LogP contribution in [0.5, 0.6) is 23.0 Å². The highest BCUT2D eigenvalue weighted by atomic mass is 16.7. The summed E-state index contributed by atoms with van der Waals surface area (Å²) in [6.07, 6.45) is 0. The minimum Gasteiger partial charge on any atom is -0.496 e. The Morgan fingerprint density at radius 3 is 2.33 bits per heavy atom. The lowest BCUT2D eigenvalue weighted by Crippen LogP contribution is -2.48. The van der Waals surface area contributed by atoms with Crippen LogP contribution in [0.4, 0.5) is 0 Å². The molecule has 0 aliphatic carbocycles. The molecule has 4 aromatic carbocycles. The van der Waals surface area contributed by atoms with Crippen LogP contribution in [0.2, 0.25) is 0 Å². The molecule has 0 spiro atoms. The fourth-order valence-corrected chi connectivity index (χ4v) is 5.15. The first-order valence-electron chi connectivity index (χ1n) is 13.5. The number of nitrogens with zero attached hydrogens (tertiary/aromatic N) is 2. The number of methoxy groups -OCH3 is 1. The maximum Gasteiger partial charge on any atom is 0.253 e. The van der Waals surface area contributed by atoms with Gasteiger partial charge in [-0.1, -0.05) is 48.5 Å². The summed E-state index contributed by atoms with van der Waals surface area (Å²) in [6.45, 7) is 4.37. The van der Waals surface area contributed by atoms with Crippen LogP contribution < -0.4 is 18.9 Å². The third-order valence-electron chi connectivity index (χ3n) is 7.39. The van der Waals surface area contributed by atoms with E-state index >= 15 is 0 Å². The molecule has 1 amide bonds. The average Bonchev–Trinajstić information content (AvgIpc) is 3.49. The van der Waals surface area contributed by atoms with E-state index in [1.54, 1.807) is 7.11 Å². The standard InChI is InChI=1S/C33H32N2O5/c1-37-30-14-10-27(20-28(30)22-38-29-11-8-26(9-12-29)25-5-3-2-4-6-25)33(36)35-17-15-34(16-18-35)21-24-7-13-31-32(19-24)40-23-39-31/h2-14,19-20H,15-18,21-23H2,1H3. The van der Waals surface area contributed by atoms with Gasteiger partial charge in [-0.3, -0.25) is 9.69 Å². The van der Waals surface area contributed by atoms with Gasteiger partial charge in [0.1, 0.15) is 18.1 Å². The fourth-order valence-electron chi connectivity index (χ4n) is 5.15. The smallest absolute Gasteiger partial charge is 0.253 e. The number of amides is 1. The van der Waals surface area contributed by atoms with Gasteiger partial charge in [-0.2, -0.15) is 0 Å². The van der Waals surface area contributed by atoms with Gasteiger partial charge in [0.25, 0.3) is 5.91 Å². The maximum atomic E-state index is 13.4. The van der Waals surface area contributed by atoms with Gasteiger partial charge in [-0.05, 0) is 59.2 Å². The van der Waals surface area contributed by atoms with Gasteiger partial charge in [-0.15, -0.1) is 0 Å². The summed E-state index contributed by atoms with van der Waals surface area (Å²) in [5.74, 6) is 3.08. The van der Waals surface area contributed by atoms with Crippen LogP contribution >= 0.6 is 0 Å². The first kappa shape index (κ1) is 25.8. The molecule has 0 N–H and O–H groups in total. The number of carbonyl (C=O) groups is 1. The normalized spacial score (nSPS) is 14.7. The molecule has 7 nitrogen and oxygen atoms in total. The molecule has 204 valence electrons. The van der Waals surface area contributed by atoms with Gasteiger partial charge in [0.05, 0.1) is 7.11 Å². The first-order valence-corrected chi connectivity index (χ1v) is 13.5. The molecule has 2 aliphatic heterocycles. The molecule has 0 unspecified atom stereocenters. The van der Waals surface area contributed by atoms with Crippen molar-refractivity contribution in [1.29, 1.82) is 0 Å². The predicted octanol–water partition coefficient (Wildman–Crippen LogP) is 5.63. The van der Waals surface area contributed by atoms with Gasteiger partial charge in [0.15, 0.2) is 11.5 Å². The number of ether oxygens (including phenoxy) is 4. The summed E-state index contributed by atoms with van der Waals surface area (Å²) in [4.78, 5) is 17.7. The molecule has 0 aromatic heterocycles. The van der Waals surface area contributed by atoms with E-state index in [0.717, 1.165) is 53.6 Å². The van der Waals surface area contributed by atoms with Crippen molar-refractivity contribution in [3.8, 4) is 34.1 Å². The van der Waals surface area contributed by atoms with E-state index in [1.807, 2.05) is 77.7 Å². The lowest BCUT2D eigenvalue weighted by Gasteiger charge is -2.35. The first-order chi connectivity index (χ1) is 19.7. The summed E-state index contributed by atoms with van der Waals surface area (Å²) in [7, 11) is 1.63. The predicted molar refractivity (Wildman–Crippen MR) is 153 cm³/mol. The van der Waals surface area contributed by atoms with Crippen molar-refractivity contribution < 1.29 is 23.7 Å². The number of rotatable bonds is 8. The van der Waals surface area contributed by atoms with Crippen molar-refractivity contribution in [3.05, 3.63) is 108 Å². The van der Waals surface area contributed by atoms with E-state index in [-0.39, 0.29) is 12.7 Å². The molecular formula is C33H32N2O5. The summed E-state index contributed by atoms with van der Waals surface area (Å²) in [5.41, 5.74) is 4.95. The maximum absolute atomic E-state index is 13.4. The van der Waals surface area contributed by atoms with Gasteiger partial charge in [0.2, 0.25) is 6.79 Å².